The predicted molar refractivity (Wildman–Crippen MR) is 52.8 cm³/mol. The van der Waals surface area contributed by atoms with Crippen molar-refractivity contribution in [2.24, 2.45) is 0 Å². The monoisotopic (exact) mass is 204 g/mol. The molecular weight excluding hydrogens is 184 g/mol. The van der Waals surface area contributed by atoms with E-state index in [-0.39, 0.29) is 25.1 Å². The van der Waals surface area contributed by atoms with E-state index in [1.807, 2.05) is 0 Å². The number of unbranched alkanes of at least 4 members (excludes halogenated alkanes) is 1. The third-order valence-electron chi connectivity index (χ3n) is 1.82. The van der Waals surface area contributed by atoms with Gasteiger partial charge in [0.2, 0.25) is 0 Å². The van der Waals surface area contributed by atoms with Gasteiger partial charge >= 0.3 is 5.97 Å². The maximum atomic E-state index is 10.9. The average molecular weight is 204 g/mol. The van der Waals surface area contributed by atoms with Gasteiger partial charge in [0.25, 0.3) is 0 Å². The lowest BCUT2D eigenvalue weighted by Crippen LogP contribution is -2.07. The van der Waals surface area contributed by atoms with Crippen LogP contribution in [0.15, 0.2) is 0 Å². The van der Waals surface area contributed by atoms with E-state index in [0.717, 1.165) is 19.3 Å². The van der Waals surface area contributed by atoms with Gasteiger partial charge in [-0.2, -0.15) is 0 Å². The molecule has 0 rings (SSSR count). The minimum absolute atomic E-state index is 0.0249. The number of rotatable bonds is 8. The molecule has 0 aliphatic heterocycles. The van der Waals surface area contributed by atoms with E-state index in [9.17, 15) is 4.79 Å². The molecule has 1 atom stereocenters. The summed E-state index contributed by atoms with van der Waals surface area (Å²) in [5, 5.41) is 17.4. The molecule has 0 saturated carbocycles. The fourth-order valence-corrected chi connectivity index (χ4v) is 1.02. The second-order valence-electron chi connectivity index (χ2n) is 3.39. The number of aliphatic hydroxyl groups excluding tert-OH is 2. The third-order valence-corrected chi connectivity index (χ3v) is 1.82. The number of aliphatic hydroxyl groups is 2. The summed E-state index contributed by atoms with van der Waals surface area (Å²) >= 11 is 0. The van der Waals surface area contributed by atoms with Crippen LogP contribution in [0, 0.1) is 0 Å². The zero-order chi connectivity index (χ0) is 10.8. The van der Waals surface area contributed by atoms with E-state index in [1.54, 1.807) is 6.92 Å². The second-order valence-corrected chi connectivity index (χ2v) is 3.39. The third kappa shape index (κ3) is 9.48. The lowest BCUT2D eigenvalue weighted by atomic mass is 10.2. The van der Waals surface area contributed by atoms with Gasteiger partial charge in [0.1, 0.15) is 0 Å². The first kappa shape index (κ1) is 13.4. The van der Waals surface area contributed by atoms with Gasteiger partial charge in [0, 0.05) is 13.0 Å². The molecule has 14 heavy (non-hydrogen) atoms. The van der Waals surface area contributed by atoms with Crippen LogP contribution < -0.4 is 0 Å². The van der Waals surface area contributed by atoms with Crippen molar-refractivity contribution in [1.29, 1.82) is 0 Å². The van der Waals surface area contributed by atoms with Crippen LogP contribution in [0.4, 0.5) is 0 Å². The van der Waals surface area contributed by atoms with Gasteiger partial charge in [-0.05, 0) is 32.6 Å². The normalized spacial score (nSPS) is 12.5. The molecule has 0 saturated heterocycles. The summed E-state index contributed by atoms with van der Waals surface area (Å²) in [6.07, 6.45) is 2.87. The van der Waals surface area contributed by atoms with Crippen LogP contribution in [-0.4, -0.2) is 35.5 Å². The Balaban J connectivity index is 3.15. The zero-order valence-electron chi connectivity index (χ0n) is 8.74. The van der Waals surface area contributed by atoms with E-state index in [4.69, 9.17) is 14.9 Å². The zero-order valence-corrected chi connectivity index (χ0v) is 8.74. The van der Waals surface area contributed by atoms with Crippen molar-refractivity contribution >= 4 is 5.97 Å². The van der Waals surface area contributed by atoms with Crippen LogP contribution in [0.25, 0.3) is 0 Å². The summed E-state index contributed by atoms with van der Waals surface area (Å²) in [5.74, 6) is -0.254. The van der Waals surface area contributed by atoms with Gasteiger partial charge in [-0.15, -0.1) is 0 Å². The summed E-state index contributed by atoms with van der Waals surface area (Å²) in [7, 11) is 0. The Labute approximate surface area is 84.9 Å². The highest BCUT2D eigenvalue weighted by Crippen LogP contribution is 2.01. The predicted octanol–water partition coefficient (Wildman–Crippen LogP) is 0.853. The van der Waals surface area contributed by atoms with Crippen molar-refractivity contribution in [3.63, 3.8) is 0 Å². The molecule has 1 unspecified atom stereocenters. The summed E-state index contributed by atoms with van der Waals surface area (Å²) in [6.45, 7) is 2.18. The molecule has 0 fully saturated rings. The molecule has 0 aromatic heterocycles. The molecule has 0 bridgehead atoms. The summed E-state index contributed by atoms with van der Waals surface area (Å²) < 4.78 is 4.89. The van der Waals surface area contributed by atoms with Crippen molar-refractivity contribution in [1.82, 2.24) is 0 Å². The Bertz CT molecular complexity index is 145. The molecule has 0 aliphatic rings. The second kappa shape index (κ2) is 8.97. The van der Waals surface area contributed by atoms with Gasteiger partial charge in [-0.1, -0.05) is 0 Å². The van der Waals surface area contributed by atoms with Gasteiger partial charge < -0.3 is 14.9 Å². The molecule has 0 radical (unpaired) electrons. The number of ether oxygens (including phenoxy) is 1. The molecule has 2 N–H and O–H groups in total. The molecule has 0 aromatic carbocycles. The van der Waals surface area contributed by atoms with Crippen molar-refractivity contribution in [3.8, 4) is 0 Å². The number of carbonyl (C=O) groups excluding carboxylic acids is 1. The smallest absolute Gasteiger partial charge is 0.305 e. The minimum Gasteiger partial charge on any atom is -0.466 e. The quantitative estimate of drug-likeness (QED) is 0.454. The van der Waals surface area contributed by atoms with Gasteiger partial charge in [0.15, 0.2) is 0 Å². The number of esters is 1. The largest absolute Gasteiger partial charge is 0.466 e. The number of carbonyl (C=O) groups is 1. The topological polar surface area (TPSA) is 66.8 Å². The summed E-state index contributed by atoms with van der Waals surface area (Å²) in [4.78, 5) is 10.9. The van der Waals surface area contributed by atoms with E-state index in [0.29, 0.717) is 13.0 Å². The van der Waals surface area contributed by atoms with Crippen LogP contribution in [0.3, 0.4) is 0 Å². The van der Waals surface area contributed by atoms with E-state index >= 15 is 0 Å². The fourth-order valence-electron chi connectivity index (χ4n) is 1.02. The lowest BCUT2D eigenvalue weighted by Gasteiger charge is -2.05. The molecule has 84 valence electrons. The van der Waals surface area contributed by atoms with E-state index < -0.39 is 0 Å². The molecule has 0 spiro atoms. The molecule has 0 amide bonds. The van der Waals surface area contributed by atoms with Gasteiger partial charge in [-0.3, -0.25) is 4.79 Å². The van der Waals surface area contributed by atoms with Crippen LogP contribution in [0.2, 0.25) is 0 Å². The molecule has 4 nitrogen and oxygen atoms in total. The Morgan fingerprint density at radius 2 is 2.07 bits per heavy atom. The fraction of sp³-hybridized carbons (Fsp3) is 0.900. The van der Waals surface area contributed by atoms with E-state index in [2.05, 4.69) is 0 Å². The van der Waals surface area contributed by atoms with Gasteiger partial charge in [-0.25, -0.2) is 0 Å². The Hall–Kier alpha value is -0.610. The highest BCUT2D eigenvalue weighted by molar-refractivity contribution is 5.69. The van der Waals surface area contributed by atoms with Crippen LogP contribution in [0.1, 0.15) is 39.0 Å². The van der Waals surface area contributed by atoms with Crippen LogP contribution in [-0.2, 0) is 9.53 Å². The Morgan fingerprint density at radius 1 is 1.36 bits per heavy atom. The summed E-state index contributed by atoms with van der Waals surface area (Å²) in [5.41, 5.74) is 0. The van der Waals surface area contributed by atoms with Crippen LogP contribution >= 0.6 is 0 Å². The lowest BCUT2D eigenvalue weighted by molar-refractivity contribution is -0.144. The first-order valence-electron chi connectivity index (χ1n) is 5.11. The highest BCUT2D eigenvalue weighted by atomic mass is 16.5. The first-order valence-corrected chi connectivity index (χ1v) is 5.11. The molecule has 0 heterocycles. The van der Waals surface area contributed by atoms with E-state index in [1.165, 1.54) is 0 Å². The maximum Gasteiger partial charge on any atom is 0.305 e. The molecule has 0 aromatic rings. The number of hydrogen-bond donors (Lipinski definition) is 2. The Kier molecular flexibility index (Phi) is 8.57. The Morgan fingerprint density at radius 3 is 2.64 bits per heavy atom. The highest BCUT2D eigenvalue weighted by Gasteiger charge is 2.01. The van der Waals surface area contributed by atoms with Crippen molar-refractivity contribution in [2.45, 2.75) is 45.1 Å². The average Bonchev–Trinajstić information content (AvgIpc) is 2.13. The minimum atomic E-state index is -0.278. The first-order chi connectivity index (χ1) is 6.66. The number of hydrogen-bond acceptors (Lipinski definition) is 4. The molecular formula is C10H20O4. The van der Waals surface area contributed by atoms with Crippen molar-refractivity contribution in [3.05, 3.63) is 0 Å². The van der Waals surface area contributed by atoms with Crippen molar-refractivity contribution < 1.29 is 19.7 Å². The van der Waals surface area contributed by atoms with Crippen LogP contribution in [0.5, 0.6) is 0 Å². The van der Waals surface area contributed by atoms with Gasteiger partial charge in [0.05, 0.1) is 12.7 Å². The standard InChI is InChI=1S/C10H20O4/c1-9(12)5-2-3-8-14-10(13)6-4-7-11/h9,11-12H,2-8H2,1H3. The maximum absolute atomic E-state index is 10.9. The molecule has 4 heteroatoms. The SMILES string of the molecule is CC(O)CCCCOC(=O)CCCO. The van der Waals surface area contributed by atoms with Crippen molar-refractivity contribution in [2.75, 3.05) is 13.2 Å². The molecule has 0 aliphatic carbocycles. The summed E-state index contributed by atoms with van der Waals surface area (Å²) in [6, 6.07) is 0.